The molecule has 1 aromatic heterocycles. The highest BCUT2D eigenvalue weighted by molar-refractivity contribution is 5.99. The van der Waals surface area contributed by atoms with Crippen LogP contribution in [0.4, 0.5) is 4.39 Å². The zero-order valence-corrected chi connectivity index (χ0v) is 22.3. The minimum absolute atomic E-state index is 0. The molecule has 2 aromatic carbocycles. The molecule has 0 amide bonds. The number of esters is 1. The molecule has 3 rings (SSSR count). The molecule has 0 saturated carbocycles. The summed E-state index contributed by atoms with van der Waals surface area (Å²) in [6.07, 6.45) is 0.711. The average molecular weight is 537 g/mol. The van der Waals surface area contributed by atoms with Crippen LogP contribution in [0.3, 0.4) is 0 Å². The maximum atomic E-state index is 14.3. The molecule has 0 saturated heterocycles. The zero-order chi connectivity index (χ0) is 25.0. The van der Waals surface area contributed by atoms with Crippen molar-refractivity contribution in [2.24, 2.45) is 11.7 Å². The van der Waals surface area contributed by atoms with Gasteiger partial charge < -0.3 is 15.6 Å². The van der Waals surface area contributed by atoms with E-state index in [0.29, 0.717) is 29.2 Å². The van der Waals surface area contributed by atoms with E-state index in [9.17, 15) is 14.0 Å². The van der Waals surface area contributed by atoms with Gasteiger partial charge in [-0.15, -0.1) is 24.8 Å². The highest BCUT2D eigenvalue weighted by Gasteiger charge is 2.25. The molecule has 194 valence electrons. The number of benzene rings is 2. The van der Waals surface area contributed by atoms with Gasteiger partial charge in [-0.1, -0.05) is 49.7 Å². The van der Waals surface area contributed by atoms with E-state index >= 15 is 0 Å². The largest absolute Gasteiger partial charge is 0.478 e. The third-order valence-corrected chi connectivity index (χ3v) is 5.57. The number of carbonyl (C=O) groups is 2. The van der Waals surface area contributed by atoms with E-state index in [1.54, 1.807) is 6.92 Å². The van der Waals surface area contributed by atoms with Crippen LogP contribution >= 0.6 is 24.8 Å². The topological polar surface area (TPSA) is 103 Å². The Morgan fingerprint density at radius 1 is 1.08 bits per heavy atom. The summed E-state index contributed by atoms with van der Waals surface area (Å²) >= 11 is 0. The van der Waals surface area contributed by atoms with Gasteiger partial charge in [-0.05, 0) is 49.4 Å². The number of carbonyl (C=O) groups excluding carboxylic acids is 1. The lowest BCUT2D eigenvalue weighted by Crippen LogP contribution is -2.17. The Balaban J connectivity index is 0.00000324. The van der Waals surface area contributed by atoms with Crippen LogP contribution in [0.15, 0.2) is 42.5 Å². The fourth-order valence-corrected chi connectivity index (χ4v) is 3.88. The molecule has 36 heavy (non-hydrogen) atoms. The number of aryl methyl sites for hydroxylation is 2. The number of halogens is 3. The molecule has 0 atom stereocenters. The van der Waals surface area contributed by atoms with Crippen LogP contribution in [0.25, 0.3) is 11.1 Å². The molecule has 0 aliphatic rings. The molecule has 0 bridgehead atoms. The Morgan fingerprint density at radius 2 is 1.72 bits per heavy atom. The predicted molar refractivity (Wildman–Crippen MR) is 143 cm³/mol. The van der Waals surface area contributed by atoms with Gasteiger partial charge in [0.2, 0.25) is 0 Å². The molecule has 9 heteroatoms. The van der Waals surface area contributed by atoms with Crippen molar-refractivity contribution in [1.29, 1.82) is 0 Å². The number of nitrogens with zero attached hydrogens (tertiary/aromatic N) is 1. The molecule has 0 fully saturated rings. The molecule has 3 aromatic rings. The molecule has 0 aliphatic carbocycles. The van der Waals surface area contributed by atoms with Crippen LogP contribution in [0.2, 0.25) is 0 Å². The standard InChI is InChI=1S/C27H29FN2O4.2ClH/c1-15(2)11-23-21(13-29)25(18-7-5-16(3)6-8-18)24(17(4)30-23)27(33)34-14-20-10-9-19(26(31)32)12-22(20)28;;/h5-10,12,15H,11,13-14,29H2,1-4H3,(H,31,32);2*1H. The van der Waals surface area contributed by atoms with Crippen LogP contribution in [-0.4, -0.2) is 22.0 Å². The minimum atomic E-state index is -1.23. The SMILES string of the molecule is Cc1ccc(-c2c(CN)c(CC(C)C)nc(C)c2C(=O)OCc2ccc(C(=O)O)cc2F)cc1.Cl.Cl. The molecule has 0 radical (unpaired) electrons. The lowest BCUT2D eigenvalue weighted by molar-refractivity contribution is 0.0467. The summed E-state index contributed by atoms with van der Waals surface area (Å²) in [7, 11) is 0. The highest BCUT2D eigenvalue weighted by atomic mass is 35.5. The van der Waals surface area contributed by atoms with Gasteiger partial charge in [0.15, 0.2) is 0 Å². The second kappa shape index (κ2) is 13.3. The van der Waals surface area contributed by atoms with Gasteiger partial charge in [-0.25, -0.2) is 14.0 Å². The number of aromatic nitrogens is 1. The number of nitrogens with two attached hydrogens (primary N) is 1. The van der Waals surface area contributed by atoms with E-state index in [1.807, 2.05) is 31.2 Å². The lowest BCUT2D eigenvalue weighted by Gasteiger charge is -2.20. The smallest absolute Gasteiger partial charge is 0.340 e. The van der Waals surface area contributed by atoms with Crippen molar-refractivity contribution >= 4 is 36.8 Å². The van der Waals surface area contributed by atoms with Gasteiger partial charge in [-0.2, -0.15) is 0 Å². The number of ether oxygens (including phenoxy) is 1. The molecular formula is C27H31Cl2FN2O4. The first-order valence-electron chi connectivity index (χ1n) is 11.1. The Labute approximate surface area is 222 Å². The van der Waals surface area contributed by atoms with Gasteiger partial charge in [-0.3, -0.25) is 4.98 Å². The molecule has 3 N–H and O–H groups in total. The quantitative estimate of drug-likeness (QED) is 0.339. The summed E-state index contributed by atoms with van der Waals surface area (Å²) in [4.78, 5) is 29.0. The first-order valence-corrected chi connectivity index (χ1v) is 11.1. The van der Waals surface area contributed by atoms with Crippen molar-refractivity contribution in [3.8, 4) is 11.1 Å². The number of hydrogen-bond acceptors (Lipinski definition) is 5. The van der Waals surface area contributed by atoms with Gasteiger partial charge in [0.25, 0.3) is 0 Å². The number of carboxylic acids is 1. The normalized spacial score (nSPS) is 10.4. The van der Waals surface area contributed by atoms with Crippen LogP contribution in [-0.2, 0) is 24.3 Å². The predicted octanol–water partition coefficient (Wildman–Crippen LogP) is 6.06. The van der Waals surface area contributed by atoms with Gasteiger partial charge in [0, 0.05) is 23.4 Å². The van der Waals surface area contributed by atoms with Crippen molar-refractivity contribution in [2.45, 2.75) is 47.3 Å². The van der Waals surface area contributed by atoms with Crippen LogP contribution in [0, 0.1) is 25.6 Å². The van der Waals surface area contributed by atoms with E-state index in [0.717, 1.165) is 28.5 Å². The first kappa shape index (κ1) is 31.0. The molecule has 0 unspecified atom stereocenters. The minimum Gasteiger partial charge on any atom is -0.478 e. The summed E-state index contributed by atoms with van der Waals surface area (Å²) in [5.74, 6) is -2.29. The summed E-state index contributed by atoms with van der Waals surface area (Å²) in [5, 5.41) is 9.01. The third kappa shape index (κ3) is 7.03. The van der Waals surface area contributed by atoms with Crippen molar-refractivity contribution in [1.82, 2.24) is 4.98 Å². The fourth-order valence-electron chi connectivity index (χ4n) is 3.88. The molecular weight excluding hydrogens is 506 g/mol. The summed E-state index contributed by atoms with van der Waals surface area (Å²) in [5.41, 5.74) is 11.1. The summed E-state index contributed by atoms with van der Waals surface area (Å²) < 4.78 is 19.8. The van der Waals surface area contributed by atoms with E-state index < -0.39 is 17.8 Å². The lowest BCUT2D eigenvalue weighted by atomic mass is 9.90. The third-order valence-electron chi connectivity index (χ3n) is 5.57. The number of carboxylic acid groups (broad SMARTS) is 1. The Hall–Kier alpha value is -3.00. The van der Waals surface area contributed by atoms with Crippen LogP contribution in [0.1, 0.15) is 62.6 Å². The van der Waals surface area contributed by atoms with Crippen molar-refractivity contribution in [2.75, 3.05) is 0 Å². The van der Waals surface area contributed by atoms with E-state index in [-0.39, 0.29) is 49.1 Å². The number of pyridine rings is 1. The van der Waals surface area contributed by atoms with E-state index in [4.69, 9.17) is 20.6 Å². The van der Waals surface area contributed by atoms with Gasteiger partial charge >= 0.3 is 11.9 Å². The zero-order valence-electron chi connectivity index (χ0n) is 20.6. The van der Waals surface area contributed by atoms with E-state index in [1.165, 1.54) is 12.1 Å². The van der Waals surface area contributed by atoms with E-state index in [2.05, 4.69) is 13.8 Å². The van der Waals surface area contributed by atoms with Crippen molar-refractivity contribution in [3.63, 3.8) is 0 Å². The molecule has 0 spiro atoms. The Bertz CT molecular complexity index is 1230. The number of aromatic carboxylic acids is 1. The summed E-state index contributed by atoms with van der Waals surface area (Å²) in [6.45, 7) is 7.77. The van der Waals surface area contributed by atoms with Crippen LogP contribution < -0.4 is 5.73 Å². The number of hydrogen-bond donors (Lipinski definition) is 2. The Morgan fingerprint density at radius 3 is 2.25 bits per heavy atom. The fraction of sp³-hybridized carbons (Fsp3) is 0.296. The average Bonchev–Trinajstić information content (AvgIpc) is 2.77. The highest BCUT2D eigenvalue weighted by Crippen LogP contribution is 2.33. The monoisotopic (exact) mass is 536 g/mol. The van der Waals surface area contributed by atoms with Crippen molar-refractivity contribution in [3.05, 3.63) is 87.5 Å². The molecule has 1 heterocycles. The molecule has 6 nitrogen and oxygen atoms in total. The Kier molecular flexibility index (Phi) is 11.5. The second-order valence-electron chi connectivity index (χ2n) is 8.73. The van der Waals surface area contributed by atoms with Crippen LogP contribution in [0.5, 0.6) is 0 Å². The van der Waals surface area contributed by atoms with Gasteiger partial charge in [0.1, 0.15) is 12.4 Å². The maximum absolute atomic E-state index is 14.3. The molecule has 0 aliphatic heterocycles. The first-order chi connectivity index (χ1) is 16.1. The maximum Gasteiger partial charge on any atom is 0.340 e. The second-order valence-corrected chi connectivity index (χ2v) is 8.73. The van der Waals surface area contributed by atoms with Crippen molar-refractivity contribution < 1.29 is 23.8 Å². The number of rotatable bonds is 8. The summed E-state index contributed by atoms with van der Waals surface area (Å²) in [6, 6.07) is 11.3. The van der Waals surface area contributed by atoms with Gasteiger partial charge in [0.05, 0.1) is 16.8 Å².